The van der Waals surface area contributed by atoms with Crippen molar-refractivity contribution in [2.45, 2.75) is 297 Å². The molecule has 0 saturated heterocycles. The third-order valence-electron chi connectivity index (χ3n) is 11.8. The van der Waals surface area contributed by atoms with Crippen LogP contribution in [0, 0.1) is 17.5 Å². The highest BCUT2D eigenvalue weighted by molar-refractivity contribution is 5.17. The second-order valence-electron chi connectivity index (χ2n) is 26.7. The molecule has 0 aromatic heterocycles. The standard InChI is InChI=1S/C7H6F2O.C7H7FO.2C4H4F6O.2C4H5F5O.2C4H6F4O.C4H8F2O.C4H9FO.C3H2F6O.C3H3F5O.C3H4F4O.C3H5F3O.C3H6F2O.C3H7FO/c8-6-2-1-5(4-10)3-7(6)9;8-7-3-1-2-6(4-7)5-9;2*1-2(11,3(5,6)7)4(8,9)10;2*1-3(10,2(5)6)4(7,8)9;2*1-3(9,2-5)4(6,7)8;1-4(2,7)3(5)6;1-4(2,6)3-5;4-2(5,6)1(10)3(7,8)9;4-2(5)1(9)3(6,7)8;4-1-2(8)3(5,6)7;1-2(7)3(4,5)6;1-2(6)3(4)5;1-3(5)2-4/h1-3,10H,4H2;1-4,9H,5H2;2*11H,1H3;2*2,10H,1H3;2*9H,2H2,1H3;3,7H,1-2H3;6H,3H2,1-2H3;1,10H;1-2,9H;2,8H,1H2;2,7H,1H3;2-3,6H,1H3;3,5H,2H2,1H3. The van der Waals surface area contributed by atoms with E-state index >= 15 is 0 Å². The van der Waals surface area contributed by atoms with E-state index in [-0.39, 0.29) is 46.7 Å². The number of hydrogen-bond donors (Lipinski definition) is 16. The highest BCUT2D eigenvalue weighted by Crippen LogP contribution is 2.45. The Kier molecular flexibility index (Phi) is 76.8. The molecule has 0 heterocycles. The molecule has 9 unspecified atom stereocenters. The highest BCUT2D eigenvalue weighted by atomic mass is 19.5. The van der Waals surface area contributed by atoms with E-state index in [0.717, 1.165) is 32.9 Å². The van der Waals surface area contributed by atoms with Crippen LogP contribution < -0.4 is 0 Å². The first-order valence-electron chi connectivity index (χ1n) is 33.3. The zero-order chi connectivity index (χ0) is 116. The molecule has 16 N–H and O–H groups in total. The van der Waals surface area contributed by atoms with Gasteiger partial charge >= 0.3 is 80.3 Å². The van der Waals surface area contributed by atoms with Crippen LogP contribution in [0.15, 0.2) is 42.5 Å². The van der Waals surface area contributed by atoms with Crippen LogP contribution in [-0.4, -0.2) is 309 Å². The molecule has 0 aliphatic carbocycles. The zero-order valence-electron chi connectivity index (χ0n) is 70.0. The van der Waals surface area contributed by atoms with Gasteiger partial charge in [0.15, 0.2) is 28.9 Å². The minimum Gasteiger partial charge on any atom is -0.392 e. The van der Waals surface area contributed by atoms with Gasteiger partial charge in [-0.05, 0) is 125 Å². The fourth-order valence-corrected chi connectivity index (χ4v) is 2.41. The van der Waals surface area contributed by atoms with E-state index in [9.17, 15) is 250 Å². The van der Waals surface area contributed by atoms with E-state index < -0.39 is 239 Å². The summed E-state index contributed by atoms with van der Waals surface area (Å²) in [5.41, 5.74) is -25.4. The largest absolute Gasteiger partial charge is 0.425 e. The van der Waals surface area contributed by atoms with Gasteiger partial charge in [-0.15, -0.1) is 0 Å². The summed E-state index contributed by atoms with van der Waals surface area (Å²) in [5.74, 6) is -2.12. The lowest BCUT2D eigenvalue weighted by molar-refractivity contribution is -0.361. The topological polar surface area (TPSA) is 324 Å². The maximum absolute atomic E-state index is 12.3. The van der Waals surface area contributed by atoms with E-state index in [2.05, 4.69) is 0 Å². The summed E-state index contributed by atoms with van der Waals surface area (Å²) in [6.07, 6.45) is -100. The number of aliphatic hydroxyl groups is 16. The van der Waals surface area contributed by atoms with Crippen molar-refractivity contribution in [3.05, 3.63) is 71.0 Å². The van der Waals surface area contributed by atoms with E-state index in [4.69, 9.17) is 81.7 Å². The van der Waals surface area contributed by atoms with Crippen LogP contribution in [-0.2, 0) is 13.2 Å². The number of benzene rings is 2. The third-order valence-corrected chi connectivity index (χ3v) is 11.8. The Hall–Kier alpha value is -6.19. The number of aliphatic hydroxyl groups excluding tert-OH is 8. The molecule has 0 amide bonds. The number of alkyl halides is 54. The number of halogens is 57. The molecule has 0 radical (unpaired) electrons. The van der Waals surface area contributed by atoms with Crippen LogP contribution in [0.1, 0.15) is 101 Å². The molecule has 0 spiro atoms. The van der Waals surface area contributed by atoms with Crippen molar-refractivity contribution in [1.29, 1.82) is 0 Å². The van der Waals surface area contributed by atoms with Crippen molar-refractivity contribution in [2.75, 3.05) is 33.4 Å². The average Bonchev–Trinajstić information content (AvgIpc) is 0.788. The number of hydrogen-bond acceptors (Lipinski definition) is 16. The fraction of sp³-hybridized carbons (Fsp3) is 0.812. The summed E-state index contributed by atoms with van der Waals surface area (Å²) in [6.45, 7) is 1.17. The molecule has 838 valence electrons. The van der Waals surface area contributed by atoms with E-state index in [1.165, 1.54) is 39.0 Å². The van der Waals surface area contributed by atoms with Gasteiger partial charge in [0.25, 0.3) is 43.3 Å². The molecule has 73 heteroatoms. The molecule has 2 rings (SSSR count). The van der Waals surface area contributed by atoms with Crippen molar-refractivity contribution in [2.24, 2.45) is 0 Å². The third kappa shape index (κ3) is 81.0. The first-order valence-corrected chi connectivity index (χ1v) is 33.3. The van der Waals surface area contributed by atoms with Gasteiger partial charge < -0.3 is 81.7 Å². The van der Waals surface area contributed by atoms with Gasteiger partial charge in [-0.1, -0.05) is 18.2 Å². The van der Waals surface area contributed by atoms with Crippen molar-refractivity contribution in [3.63, 3.8) is 0 Å². The summed E-state index contributed by atoms with van der Waals surface area (Å²) >= 11 is 0. The molecule has 137 heavy (non-hydrogen) atoms. The molecule has 0 bridgehead atoms. The summed E-state index contributed by atoms with van der Waals surface area (Å²) in [7, 11) is 0. The van der Waals surface area contributed by atoms with Gasteiger partial charge in [-0.25, -0.2) is 79.0 Å². The lowest BCUT2D eigenvalue weighted by Gasteiger charge is -2.28. The summed E-state index contributed by atoms with van der Waals surface area (Å²) < 4.78 is 641. The van der Waals surface area contributed by atoms with Crippen LogP contribution in [0.2, 0.25) is 0 Å². The smallest absolute Gasteiger partial charge is 0.392 e. The molecule has 2 aromatic carbocycles. The van der Waals surface area contributed by atoms with Gasteiger partial charge in [-0.3, -0.25) is 0 Å². The predicted octanol–water partition coefficient (Wildman–Crippen LogP) is 19.3. The maximum atomic E-state index is 12.3. The molecular formula is C64H87F57O16. The van der Waals surface area contributed by atoms with Crippen molar-refractivity contribution < 1.29 is 332 Å². The lowest BCUT2D eigenvalue weighted by Crippen LogP contribution is -2.54. The monoisotopic (exact) mass is 2190 g/mol. The quantitative estimate of drug-likeness (QED) is 0.0878. The molecule has 0 saturated carbocycles. The molecule has 0 aliphatic rings. The van der Waals surface area contributed by atoms with Gasteiger partial charge in [0.1, 0.15) is 57.0 Å². The maximum Gasteiger partial charge on any atom is 0.425 e. The Morgan fingerprint density at radius 3 is 0.606 bits per heavy atom. The summed E-state index contributed by atoms with van der Waals surface area (Å²) in [4.78, 5) is 0. The molecule has 2 aromatic rings. The number of rotatable bonds is 12. The Bertz CT molecular complexity index is 3100. The van der Waals surface area contributed by atoms with Crippen LogP contribution >= 0.6 is 0 Å². The van der Waals surface area contributed by atoms with Gasteiger partial charge in [-0.2, -0.15) is 171 Å². The van der Waals surface area contributed by atoms with Crippen LogP contribution in [0.4, 0.5) is 250 Å². The molecule has 0 aliphatic heterocycles. The first kappa shape index (κ1) is 162. The van der Waals surface area contributed by atoms with Gasteiger partial charge in [0.2, 0.25) is 23.4 Å². The Morgan fingerprint density at radius 1 is 0.299 bits per heavy atom. The molecule has 0 fully saturated rings. The van der Waals surface area contributed by atoms with Gasteiger partial charge in [0.05, 0.1) is 24.9 Å². The molecule has 9 atom stereocenters. The second kappa shape index (κ2) is 65.2. The van der Waals surface area contributed by atoms with E-state index in [1.54, 1.807) is 12.1 Å². The molecular weight excluding hydrogens is 2110 g/mol. The Morgan fingerprint density at radius 2 is 0.540 bits per heavy atom. The highest BCUT2D eigenvalue weighted by Gasteiger charge is 2.68. The lowest BCUT2D eigenvalue weighted by atomic mass is 10.1. The van der Waals surface area contributed by atoms with Crippen molar-refractivity contribution >= 4 is 0 Å². The minimum atomic E-state index is -5.69. The Balaban J connectivity index is -0.0000000985. The predicted molar refractivity (Wildman–Crippen MR) is 353 cm³/mol. The zero-order valence-corrected chi connectivity index (χ0v) is 70.0. The Labute approximate surface area is 733 Å². The normalized spacial score (nSPS) is 15.5. The van der Waals surface area contributed by atoms with Gasteiger partial charge in [0, 0.05) is 0 Å². The van der Waals surface area contributed by atoms with Crippen molar-refractivity contribution in [1.82, 2.24) is 0 Å². The van der Waals surface area contributed by atoms with Crippen LogP contribution in [0.3, 0.4) is 0 Å². The SMILES string of the molecule is CC(C)(O)C(F)F.CC(C)(O)CF.CC(O)(C(F)(F)F)C(F)(F)F.CC(O)(C(F)(F)F)C(F)(F)F.CC(O)(C(F)F)C(F)(F)F.CC(O)(C(F)F)C(F)(F)F.CC(O)(CF)C(F)(F)F.CC(O)(CF)C(F)(F)F.CC(O)C(F)(F)F.CC(O)C(F)F.CC(O)CF.OC(C(F)(F)F)C(F)(F)F.OC(C(F)F)C(F)(F)F.OC(CF)C(F)(F)F.OCc1ccc(F)c(F)c1.OCc1cccc(F)c1. The molecule has 16 nitrogen and oxygen atoms in total. The summed E-state index contributed by atoms with van der Waals surface area (Å²) in [5, 5.41) is 128. The van der Waals surface area contributed by atoms with Crippen LogP contribution in [0.25, 0.3) is 0 Å². The van der Waals surface area contributed by atoms with Crippen LogP contribution in [0.5, 0.6) is 0 Å². The minimum absolute atomic E-state index is 0.0255. The van der Waals surface area contributed by atoms with E-state index in [0.29, 0.717) is 31.9 Å². The van der Waals surface area contributed by atoms with Crippen molar-refractivity contribution in [3.8, 4) is 0 Å². The average molecular weight is 2200 g/mol. The second-order valence-corrected chi connectivity index (χ2v) is 26.7. The summed E-state index contributed by atoms with van der Waals surface area (Å²) in [6, 6.07) is 9.18. The first-order chi connectivity index (χ1) is 58.9. The van der Waals surface area contributed by atoms with E-state index in [1.807, 2.05) is 0 Å². The fourth-order valence-electron chi connectivity index (χ4n) is 2.41.